The van der Waals surface area contributed by atoms with E-state index in [1.165, 1.54) is 6.33 Å². The number of nitrogens with zero attached hydrogens (tertiary/aromatic N) is 2. The van der Waals surface area contributed by atoms with Crippen LogP contribution >= 0.6 is 22.6 Å². The number of rotatable bonds is 10. The first kappa shape index (κ1) is 23.7. The maximum atomic E-state index is 12.3. The normalized spacial score (nSPS) is 11.6. The molecule has 1 N–H and O–H groups in total. The molecule has 0 amide bonds. The zero-order chi connectivity index (χ0) is 23.8. The van der Waals surface area contributed by atoms with E-state index >= 15 is 0 Å². The molecule has 0 saturated carbocycles. The third-order valence-corrected chi connectivity index (χ3v) is 5.94. The molecule has 1 unspecified atom stereocenters. The number of carbonyl (C=O) groups is 1. The Kier molecular flexibility index (Phi) is 8.08. The smallest absolute Gasteiger partial charge is 0.313 e. The third kappa shape index (κ3) is 6.32. The number of benzene rings is 3. The van der Waals surface area contributed by atoms with Crippen LogP contribution in [-0.2, 0) is 24.4 Å². The Morgan fingerprint density at radius 3 is 1.97 bits per heavy atom. The van der Waals surface area contributed by atoms with Gasteiger partial charge in [0.1, 0.15) is 31.2 Å². The van der Waals surface area contributed by atoms with E-state index in [2.05, 4.69) is 32.6 Å². The van der Waals surface area contributed by atoms with Crippen molar-refractivity contribution in [2.45, 2.75) is 25.6 Å². The summed E-state index contributed by atoms with van der Waals surface area (Å²) in [5.41, 5.74) is 3.09. The van der Waals surface area contributed by atoms with E-state index < -0.39 is 11.9 Å². The summed E-state index contributed by atoms with van der Waals surface area (Å²) in [6.45, 7) is 0.507. The van der Waals surface area contributed by atoms with Gasteiger partial charge in [0.25, 0.3) is 5.88 Å². The number of halogens is 1. The highest BCUT2D eigenvalue weighted by molar-refractivity contribution is 14.1. The first-order chi connectivity index (χ1) is 16.6. The fourth-order valence-electron chi connectivity index (χ4n) is 3.47. The van der Waals surface area contributed by atoms with E-state index in [0.29, 0.717) is 5.69 Å². The van der Waals surface area contributed by atoms with E-state index in [4.69, 9.17) is 9.47 Å². The monoisotopic (exact) mass is 566 g/mol. The lowest BCUT2D eigenvalue weighted by Gasteiger charge is -2.19. The van der Waals surface area contributed by atoms with Gasteiger partial charge in [0.2, 0.25) is 5.75 Å². The van der Waals surface area contributed by atoms with Gasteiger partial charge in [0.15, 0.2) is 0 Å². The molecule has 0 fully saturated rings. The highest BCUT2D eigenvalue weighted by Gasteiger charge is 2.29. The van der Waals surface area contributed by atoms with Crippen molar-refractivity contribution in [1.29, 1.82) is 0 Å². The summed E-state index contributed by atoms with van der Waals surface area (Å²) in [6.07, 6.45) is 1.60. The second-order valence-corrected chi connectivity index (χ2v) is 8.91. The van der Waals surface area contributed by atoms with Crippen molar-refractivity contribution in [1.82, 2.24) is 9.97 Å². The van der Waals surface area contributed by atoms with Gasteiger partial charge in [-0.15, -0.1) is 0 Å². The molecule has 3 aromatic carbocycles. The first-order valence-electron chi connectivity index (χ1n) is 10.8. The summed E-state index contributed by atoms with van der Waals surface area (Å²) in [4.78, 5) is 20.9. The van der Waals surface area contributed by atoms with E-state index in [9.17, 15) is 9.90 Å². The summed E-state index contributed by atoms with van der Waals surface area (Å²) in [5, 5.41) is 10.1. The average molecular weight is 566 g/mol. The first-order valence-corrected chi connectivity index (χ1v) is 11.8. The molecule has 0 saturated heterocycles. The Bertz CT molecular complexity index is 1220. The number of aliphatic carboxylic acids is 1. The molecule has 0 aliphatic heterocycles. The zero-order valence-corrected chi connectivity index (χ0v) is 20.5. The molecule has 0 bridgehead atoms. The zero-order valence-electron chi connectivity index (χ0n) is 18.3. The van der Waals surface area contributed by atoms with Crippen molar-refractivity contribution in [2.24, 2.45) is 0 Å². The fourth-order valence-corrected chi connectivity index (χ4v) is 3.83. The molecule has 0 radical (unpaired) electrons. The van der Waals surface area contributed by atoms with Gasteiger partial charge in [-0.05, 0) is 57.8 Å². The second-order valence-electron chi connectivity index (χ2n) is 7.66. The summed E-state index contributed by atoms with van der Waals surface area (Å²) >= 11 is 2.22. The number of hydrogen-bond acceptors (Lipinski definition) is 5. The van der Waals surface area contributed by atoms with Crippen LogP contribution in [0.2, 0.25) is 0 Å². The van der Waals surface area contributed by atoms with Crippen LogP contribution in [0.1, 0.15) is 28.3 Å². The predicted octanol–water partition coefficient (Wildman–Crippen LogP) is 5.65. The van der Waals surface area contributed by atoms with Crippen molar-refractivity contribution in [3.05, 3.63) is 117 Å². The van der Waals surface area contributed by atoms with E-state index in [-0.39, 0.29) is 31.3 Å². The minimum atomic E-state index is -0.990. The Morgan fingerprint density at radius 1 is 0.794 bits per heavy atom. The lowest BCUT2D eigenvalue weighted by molar-refractivity contribution is -0.138. The topological polar surface area (TPSA) is 81.5 Å². The second kappa shape index (κ2) is 11.6. The maximum Gasteiger partial charge on any atom is 0.313 e. The van der Waals surface area contributed by atoms with Crippen molar-refractivity contribution in [3.8, 4) is 11.6 Å². The molecule has 1 atom stereocenters. The van der Waals surface area contributed by atoms with Crippen molar-refractivity contribution in [3.63, 3.8) is 0 Å². The average Bonchev–Trinajstić information content (AvgIpc) is 2.87. The predicted molar refractivity (Wildman–Crippen MR) is 137 cm³/mol. The molecule has 34 heavy (non-hydrogen) atoms. The van der Waals surface area contributed by atoms with Crippen LogP contribution in [0.4, 0.5) is 0 Å². The molecule has 4 aromatic rings. The Hall–Kier alpha value is -3.46. The van der Waals surface area contributed by atoms with Gasteiger partial charge in [-0.2, -0.15) is 4.98 Å². The Labute approximate surface area is 211 Å². The molecular weight excluding hydrogens is 543 g/mol. The van der Waals surface area contributed by atoms with Gasteiger partial charge in [0.05, 0.1) is 0 Å². The minimum Gasteiger partial charge on any atom is -0.482 e. The highest BCUT2D eigenvalue weighted by atomic mass is 127. The van der Waals surface area contributed by atoms with E-state index in [1.807, 2.05) is 84.9 Å². The van der Waals surface area contributed by atoms with Crippen molar-refractivity contribution >= 4 is 28.6 Å². The van der Waals surface area contributed by atoms with Gasteiger partial charge in [-0.3, -0.25) is 4.79 Å². The highest BCUT2D eigenvalue weighted by Crippen LogP contribution is 2.35. The summed E-state index contributed by atoms with van der Waals surface area (Å²) in [5.74, 6) is -1.44. The van der Waals surface area contributed by atoms with Crippen LogP contribution < -0.4 is 9.47 Å². The molecule has 7 heteroatoms. The number of hydrogen-bond donors (Lipinski definition) is 1. The molecule has 6 nitrogen and oxygen atoms in total. The van der Waals surface area contributed by atoms with E-state index in [1.54, 1.807) is 0 Å². The standard InChI is InChI=1S/C27H23IN2O4/c28-22-13-11-19(12-14-22)15-23(27(31)32)24-25(33-16-20-7-3-1-4-8-20)26(30-18-29-24)34-17-21-9-5-2-6-10-21/h1-14,18,23H,15-17H2,(H,31,32). The fraction of sp³-hybridized carbons (Fsp3) is 0.148. The van der Waals surface area contributed by atoms with Crippen LogP contribution in [0.5, 0.6) is 11.6 Å². The molecule has 172 valence electrons. The molecule has 1 heterocycles. The van der Waals surface area contributed by atoms with Crippen molar-refractivity contribution in [2.75, 3.05) is 0 Å². The van der Waals surface area contributed by atoms with Gasteiger partial charge >= 0.3 is 5.97 Å². The number of carboxylic acid groups (broad SMARTS) is 1. The quantitative estimate of drug-likeness (QED) is 0.250. The molecule has 0 aliphatic rings. The molecule has 4 rings (SSSR count). The van der Waals surface area contributed by atoms with Crippen LogP contribution in [0.25, 0.3) is 0 Å². The number of ether oxygens (including phenoxy) is 2. The molecule has 0 spiro atoms. The van der Waals surface area contributed by atoms with Crippen LogP contribution in [0, 0.1) is 3.57 Å². The molecule has 1 aromatic heterocycles. The SMILES string of the molecule is O=C(O)C(Cc1ccc(I)cc1)c1ncnc(OCc2ccccc2)c1OCc1ccccc1. The summed E-state index contributed by atoms with van der Waals surface area (Å²) < 4.78 is 13.2. The van der Waals surface area contributed by atoms with Gasteiger partial charge in [-0.1, -0.05) is 72.8 Å². The lowest BCUT2D eigenvalue weighted by Crippen LogP contribution is -2.18. The van der Waals surface area contributed by atoms with Gasteiger partial charge < -0.3 is 14.6 Å². The van der Waals surface area contributed by atoms with Crippen molar-refractivity contribution < 1.29 is 19.4 Å². The molecular formula is C27H23IN2O4. The number of aromatic nitrogens is 2. The summed E-state index contributed by atoms with van der Waals surface area (Å²) in [6, 6.07) is 27.1. The van der Waals surface area contributed by atoms with Crippen LogP contribution in [0.3, 0.4) is 0 Å². The number of carboxylic acids is 1. The largest absolute Gasteiger partial charge is 0.482 e. The van der Waals surface area contributed by atoms with Crippen LogP contribution in [0.15, 0.2) is 91.3 Å². The van der Waals surface area contributed by atoms with E-state index in [0.717, 1.165) is 20.3 Å². The molecule has 0 aliphatic carbocycles. The third-order valence-electron chi connectivity index (χ3n) is 5.22. The maximum absolute atomic E-state index is 12.3. The lowest BCUT2D eigenvalue weighted by atomic mass is 9.95. The van der Waals surface area contributed by atoms with Gasteiger partial charge in [0, 0.05) is 3.57 Å². The Balaban J connectivity index is 1.66. The van der Waals surface area contributed by atoms with Gasteiger partial charge in [-0.25, -0.2) is 4.98 Å². The minimum absolute atomic E-state index is 0.221. The van der Waals surface area contributed by atoms with Crippen LogP contribution in [-0.4, -0.2) is 21.0 Å². The Morgan fingerprint density at radius 2 is 1.38 bits per heavy atom. The summed E-state index contributed by atoms with van der Waals surface area (Å²) in [7, 11) is 0.